The van der Waals surface area contributed by atoms with Crippen LogP contribution in [-0.4, -0.2) is 11.9 Å². The standard InChI is InChI=1S/C16H11Cl2N3O/c17-11-6-2-1-5-10(11)9-14-15(22)21-16(20-14)19-13-8-4-3-7-12(13)18/h1-9H,(H2,19,20,21,22)/b14-9-. The first kappa shape index (κ1) is 14.6. The molecule has 2 N–H and O–H groups in total. The molecule has 0 aliphatic carbocycles. The molecule has 1 saturated heterocycles. The maximum Gasteiger partial charge on any atom is 0.274 e. The lowest BCUT2D eigenvalue weighted by Gasteiger charge is -2.00. The Hall–Kier alpha value is -2.30. The molecule has 0 radical (unpaired) electrons. The second-order valence-corrected chi connectivity index (χ2v) is 5.38. The molecular formula is C16H11Cl2N3O. The number of hydrogen-bond donors (Lipinski definition) is 2. The minimum atomic E-state index is -0.272. The molecule has 1 aliphatic rings. The molecule has 0 aromatic heterocycles. The molecule has 1 heterocycles. The van der Waals surface area contributed by atoms with Gasteiger partial charge in [0.1, 0.15) is 5.70 Å². The Morgan fingerprint density at radius 2 is 1.59 bits per heavy atom. The monoisotopic (exact) mass is 331 g/mol. The van der Waals surface area contributed by atoms with Crippen molar-refractivity contribution in [2.45, 2.75) is 0 Å². The van der Waals surface area contributed by atoms with Gasteiger partial charge in [0.2, 0.25) is 5.96 Å². The molecule has 0 unspecified atom stereocenters. The van der Waals surface area contributed by atoms with E-state index in [1.165, 1.54) is 0 Å². The van der Waals surface area contributed by atoms with Gasteiger partial charge < -0.3 is 5.32 Å². The van der Waals surface area contributed by atoms with Crippen molar-refractivity contribution < 1.29 is 4.79 Å². The molecule has 22 heavy (non-hydrogen) atoms. The van der Waals surface area contributed by atoms with Gasteiger partial charge in [0, 0.05) is 5.02 Å². The van der Waals surface area contributed by atoms with Gasteiger partial charge in [-0.15, -0.1) is 0 Å². The summed E-state index contributed by atoms with van der Waals surface area (Å²) in [4.78, 5) is 16.3. The summed E-state index contributed by atoms with van der Waals surface area (Å²) in [5, 5.41) is 6.65. The fourth-order valence-electron chi connectivity index (χ4n) is 1.96. The smallest absolute Gasteiger partial charge is 0.274 e. The molecule has 4 nitrogen and oxygen atoms in total. The highest BCUT2D eigenvalue weighted by Crippen LogP contribution is 2.24. The van der Waals surface area contributed by atoms with Gasteiger partial charge in [0.25, 0.3) is 5.91 Å². The number of guanidine groups is 1. The maximum absolute atomic E-state index is 12.0. The van der Waals surface area contributed by atoms with Crippen molar-refractivity contribution in [3.63, 3.8) is 0 Å². The molecule has 0 atom stereocenters. The summed E-state index contributed by atoms with van der Waals surface area (Å²) in [6, 6.07) is 14.4. The van der Waals surface area contributed by atoms with Crippen molar-refractivity contribution >= 4 is 46.8 Å². The first-order valence-corrected chi connectivity index (χ1v) is 7.27. The van der Waals surface area contributed by atoms with E-state index in [4.69, 9.17) is 23.2 Å². The van der Waals surface area contributed by atoms with E-state index in [-0.39, 0.29) is 5.91 Å². The number of nitrogens with zero attached hydrogens (tertiary/aromatic N) is 1. The molecule has 3 rings (SSSR count). The van der Waals surface area contributed by atoms with Crippen molar-refractivity contribution in [1.82, 2.24) is 10.6 Å². The third kappa shape index (κ3) is 3.13. The van der Waals surface area contributed by atoms with Gasteiger partial charge in [0.05, 0.1) is 10.7 Å². The van der Waals surface area contributed by atoms with E-state index in [2.05, 4.69) is 15.6 Å². The summed E-state index contributed by atoms with van der Waals surface area (Å²) in [5.74, 6) is 0.0575. The first-order valence-electron chi connectivity index (χ1n) is 6.51. The van der Waals surface area contributed by atoms with E-state index in [0.717, 1.165) is 5.56 Å². The number of carbonyl (C=O) groups is 1. The maximum atomic E-state index is 12.0. The van der Waals surface area contributed by atoms with Gasteiger partial charge in [-0.25, -0.2) is 4.99 Å². The highest BCUT2D eigenvalue weighted by molar-refractivity contribution is 6.33. The van der Waals surface area contributed by atoms with Gasteiger partial charge in [-0.1, -0.05) is 53.5 Å². The molecule has 110 valence electrons. The van der Waals surface area contributed by atoms with E-state index in [9.17, 15) is 4.79 Å². The van der Waals surface area contributed by atoms with E-state index in [0.29, 0.717) is 27.4 Å². The second-order valence-electron chi connectivity index (χ2n) is 4.57. The van der Waals surface area contributed by atoms with Crippen LogP contribution in [0.25, 0.3) is 6.08 Å². The van der Waals surface area contributed by atoms with Gasteiger partial charge in [0.15, 0.2) is 0 Å². The number of rotatable bonds is 2. The van der Waals surface area contributed by atoms with Crippen LogP contribution in [0.5, 0.6) is 0 Å². The lowest BCUT2D eigenvalue weighted by atomic mass is 10.2. The van der Waals surface area contributed by atoms with E-state index in [1.807, 2.05) is 30.3 Å². The van der Waals surface area contributed by atoms with Gasteiger partial charge in [-0.05, 0) is 29.8 Å². The fraction of sp³-hybridized carbons (Fsp3) is 0. The summed E-state index contributed by atoms with van der Waals surface area (Å²) in [7, 11) is 0. The summed E-state index contributed by atoms with van der Waals surface area (Å²) in [6.07, 6.45) is 1.67. The minimum absolute atomic E-state index is 0.272. The Morgan fingerprint density at radius 3 is 2.32 bits per heavy atom. The first-order chi connectivity index (χ1) is 10.6. The molecule has 1 fully saturated rings. The topological polar surface area (TPSA) is 53.5 Å². The Kier molecular flexibility index (Phi) is 4.13. The number of aliphatic imine (C=N–C) groups is 1. The average Bonchev–Trinajstić information content (AvgIpc) is 2.84. The van der Waals surface area contributed by atoms with Crippen molar-refractivity contribution in [3.05, 3.63) is 69.8 Å². The van der Waals surface area contributed by atoms with Crippen LogP contribution >= 0.6 is 23.2 Å². The number of halogens is 2. The molecule has 0 bridgehead atoms. The second kappa shape index (κ2) is 6.22. The zero-order valence-electron chi connectivity index (χ0n) is 11.3. The zero-order chi connectivity index (χ0) is 15.5. The molecule has 2 aromatic rings. The van der Waals surface area contributed by atoms with Crippen molar-refractivity contribution in [2.75, 3.05) is 0 Å². The van der Waals surface area contributed by atoms with Crippen LogP contribution in [0.4, 0.5) is 5.69 Å². The average molecular weight is 332 g/mol. The number of benzene rings is 2. The minimum Gasteiger partial charge on any atom is -0.321 e. The quantitative estimate of drug-likeness (QED) is 0.823. The largest absolute Gasteiger partial charge is 0.321 e. The number of hydrogen-bond acceptors (Lipinski definition) is 2. The Morgan fingerprint density at radius 1 is 0.909 bits per heavy atom. The molecule has 1 aliphatic heterocycles. The number of amides is 1. The molecular weight excluding hydrogens is 321 g/mol. The van der Waals surface area contributed by atoms with Crippen LogP contribution in [0.15, 0.2) is 59.2 Å². The van der Waals surface area contributed by atoms with E-state index < -0.39 is 0 Å². The van der Waals surface area contributed by atoms with E-state index in [1.54, 1.807) is 24.3 Å². The Bertz CT molecular complexity index is 799. The summed E-state index contributed by atoms with van der Waals surface area (Å²) < 4.78 is 0. The predicted octanol–water partition coefficient (Wildman–Crippen LogP) is 3.74. The highest BCUT2D eigenvalue weighted by Gasteiger charge is 2.22. The van der Waals surface area contributed by atoms with Gasteiger partial charge in [-0.3, -0.25) is 10.1 Å². The third-order valence-electron chi connectivity index (χ3n) is 3.02. The van der Waals surface area contributed by atoms with Crippen LogP contribution in [0.2, 0.25) is 10.0 Å². The van der Waals surface area contributed by atoms with Gasteiger partial charge >= 0.3 is 0 Å². The summed E-state index contributed by atoms with van der Waals surface area (Å²) in [6.45, 7) is 0. The number of para-hydroxylation sites is 1. The Labute approximate surface area is 137 Å². The SMILES string of the molecule is O=C1NC(=Nc2ccccc2Cl)N/C1=C\c1ccccc1Cl. The van der Waals surface area contributed by atoms with Crippen LogP contribution < -0.4 is 10.6 Å². The predicted molar refractivity (Wildman–Crippen MR) is 89.3 cm³/mol. The highest BCUT2D eigenvalue weighted by atomic mass is 35.5. The summed E-state index contributed by atoms with van der Waals surface area (Å²) in [5.41, 5.74) is 1.70. The molecule has 6 heteroatoms. The lowest BCUT2D eigenvalue weighted by molar-refractivity contribution is -0.115. The van der Waals surface area contributed by atoms with Crippen LogP contribution in [0, 0.1) is 0 Å². The van der Waals surface area contributed by atoms with E-state index >= 15 is 0 Å². The normalized spacial score (nSPS) is 17.6. The fourth-order valence-corrected chi connectivity index (χ4v) is 2.33. The molecule has 0 saturated carbocycles. The van der Waals surface area contributed by atoms with Crippen molar-refractivity contribution in [3.8, 4) is 0 Å². The van der Waals surface area contributed by atoms with Crippen LogP contribution in [-0.2, 0) is 4.79 Å². The number of nitrogens with one attached hydrogen (secondary N) is 2. The van der Waals surface area contributed by atoms with Crippen LogP contribution in [0.1, 0.15) is 5.56 Å². The third-order valence-corrected chi connectivity index (χ3v) is 3.68. The van der Waals surface area contributed by atoms with Gasteiger partial charge in [-0.2, -0.15) is 0 Å². The lowest BCUT2D eigenvalue weighted by Crippen LogP contribution is -2.24. The Balaban J connectivity index is 1.88. The van der Waals surface area contributed by atoms with Crippen LogP contribution in [0.3, 0.4) is 0 Å². The van der Waals surface area contributed by atoms with Crippen molar-refractivity contribution in [1.29, 1.82) is 0 Å². The van der Waals surface area contributed by atoms with Crippen molar-refractivity contribution in [2.24, 2.45) is 4.99 Å². The number of carbonyl (C=O) groups excluding carboxylic acids is 1. The zero-order valence-corrected chi connectivity index (χ0v) is 12.8. The molecule has 2 aromatic carbocycles. The molecule has 1 amide bonds. The summed E-state index contributed by atoms with van der Waals surface area (Å²) >= 11 is 12.1. The molecule has 0 spiro atoms.